The van der Waals surface area contributed by atoms with Gasteiger partial charge in [-0.15, -0.1) is 11.3 Å². The van der Waals surface area contributed by atoms with Gasteiger partial charge in [0, 0.05) is 23.2 Å². The lowest BCUT2D eigenvalue weighted by Crippen LogP contribution is -2.15. The second kappa shape index (κ2) is 8.69. The van der Waals surface area contributed by atoms with Gasteiger partial charge in [0.05, 0.1) is 36.4 Å². The molecule has 0 aliphatic heterocycles. The lowest BCUT2D eigenvalue weighted by molar-refractivity contribution is 0.391. The molecule has 2 aromatic carbocycles. The van der Waals surface area contributed by atoms with Gasteiger partial charge in [-0.2, -0.15) is 0 Å². The van der Waals surface area contributed by atoms with Crippen LogP contribution >= 0.6 is 34.9 Å². The molecule has 0 saturated heterocycles. The van der Waals surface area contributed by atoms with Gasteiger partial charge in [0.2, 0.25) is 0 Å². The van der Waals surface area contributed by atoms with E-state index in [9.17, 15) is 4.39 Å². The summed E-state index contributed by atoms with van der Waals surface area (Å²) in [7, 11) is 3.19. The van der Waals surface area contributed by atoms with Crippen LogP contribution < -0.4 is 19.5 Å². The van der Waals surface area contributed by atoms with Crippen molar-refractivity contribution in [2.45, 2.75) is 11.4 Å². The lowest BCUT2D eigenvalue weighted by atomic mass is 10.2. The summed E-state index contributed by atoms with van der Waals surface area (Å²) in [6, 6.07) is 8.30. The molecule has 5 nitrogen and oxygen atoms in total. The van der Waals surface area contributed by atoms with Crippen molar-refractivity contribution in [1.29, 1.82) is 0 Å². The average Bonchev–Trinajstić information content (AvgIpc) is 3.20. The number of ether oxygens (including phenoxy) is 2. The smallest absolute Gasteiger partial charge is 0.195 e. The van der Waals surface area contributed by atoms with Crippen molar-refractivity contribution in [3.8, 4) is 11.5 Å². The molecule has 0 radical (unpaired) electrons. The SMILES string of the molecule is COc1ccc(CN(Sc2cc(Cl)c(N)cc2F)c2nccs2)c(OC)c1. The van der Waals surface area contributed by atoms with E-state index < -0.39 is 5.82 Å². The van der Waals surface area contributed by atoms with Crippen LogP contribution in [-0.2, 0) is 6.54 Å². The summed E-state index contributed by atoms with van der Waals surface area (Å²) in [6.45, 7) is 0.437. The molecule has 0 bridgehead atoms. The van der Waals surface area contributed by atoms with Crippen LogP contribution in [0.5, 0.6) is 11.5 Å². The number of aromatic nitrogens is 1. The Balaban J connectivity index is 1.93. The largest absolute Gasteiger partial charge is 0.497 e. The maximum Gasteiger partial charge on any atom is 0.195 e. The minimum absolute atomic E-state index is 0.205. The predicted molar refractivity (Wildman–Crippen MR) is 110 cm³/mol. The first-order valence-electron chi connectivity index (χ1n) is 7.82. The van der Waals surface area contributed by atoms with Crippen molar-refractivity contribution < 1.29 is 13.9 Å². The fraction of sp³-hybridized carbons (Fsp3) is 0.167. The number of benzene rings is 2. The quantitative estimate of drug-likeness (QED) is 0.412. The summed E-state index contributed by atoms with van der Waals surface area (Å²) in [5.41, 5.74) is 6.78. The minimum atomic E-state index is -0.440. The van der Waals surface area contributed by atoms with Crippen molar-refractivity contribution in [3.05, 3.63) is 58.3 Å². The summed E-state index contributed by atoms with van der Waals surface area (Å²) in [4.78, 5) is 4.70. The fourth-order valence-electron chi connectivity index (χ4n) is 2.35. The number of hydrogen-bond donors (Lipinski definition) is 1. The number of nitrogens with two attached hydrogens (primary N) is 1. The number of nitrogens with zero attached hydrogens (tertiary/aromatic N) is 2. The predicted octanol–water partition coefficient (Wildman–Crippen LogP) is 5.25. The molecule has 3 rings (SSSR count). The number of rotatable bonds is 7. The van der Waals surface area contributed by atoms with Gasteiger partial charge in [-0.05, 0) is 36.2 Å². The Bertz CT molecular complexity index is 925. The second-order valence-electron chi connectivity index (χ2n) is 5.42. The summed E-state index contributed by atoms with van der Waals surface area (Å²) >= 11 is 8.72. The third-order valence-corrected chi connectivity index (χ3v) is 5.97. The molecule has 0 unspecified atom stereocenters. The molecule has 3 aromatic rings. The molecule has 0 amide bonds. The molecule has 0 aliphatic rings. The number of thiazole rings is 1. The highest BCUT2D eigenvalue weighted by Gasteiger charge is 2.18. The van der Waals surface area contributed by atoms with Crippen LogP contribution in [0.4, 0.5) is 15.2 Å². The van der Waals surface area contributed by atoms with Gasteiger partial charge < -0.3 is 15.2 Å². The molecule has 142 valence electrons. The van der Waals surface area contributed by atoms with E-state index in [0.717, 1.165) is 10.7 Å². The van der Waals surface area contributed by atoms with E-state index in [-0.39, 0.29) is 5.69 Å². The van der Waals surface area contributed by atoms with Crippen LogP contribution in [0.2, 0.25) is 5.02 Å². The maximum atomic E-state index is 14.4. The molecule has 27 heavy (non-hydrogen) atoms. The van der Waals surface area contributed by atoms with Gasteiger partial charge in [-0.1, -0.05) is 11.6 Å². The van der Waals surface area contributed by atoms with E-state index in [0.29, 0.717) is 28.0 Å². The van der Waals surface area contributed by atoms with Gasteiger partial charge in [0.25, 0.3) is 0 Å². The Morgan fingerprint density at radius 1 is 1.26 bits per heavy atom. The van der Waals surface area contributed by atoms with Crippen LogP contribution in [0.1, 0.15) is 5.56 Å². The molecule has 1 aromatic heterocycles. The molecule has 2 N–H and O–H groups in total. The van der Waals surface area contributed by atoms with Crippen molar-refractivity contribution in [3.63, 3.8) is 0 Å². The van der Waals surface area contributed by atoms with Crippen molar-refractivity contribution in [2.75, 3.05) is 24.3 Å². The standard InChI is InChI=1S/C18H17ClFN3O2S2/c1-24-12-4-3-11(16(7-12)25-2)10-23(18-22-5-6-26-18)27-17-8-13(19)15(21)9-14(17)20/h3-9H,10,21H2,1-2H3. The van der Waals surface area contributed by atoms with Crippen LogP contribution in [0, 0.1) is 5.82 Å². The Morgan fingerprint density at radius 3 is 2.74 bits per heavy atom. The Morgan fingerprint density at radius 2 is 2.07 bits per heavy atom. The molecule has 0 saturated carbocycles. The van der Waals surface area contributed by atoms with Gasteiger partial charge >= 0.3 is 0 Å². The highest BCUT2D eigenvalue weighted by molar-refractivity contribution is 8.00. The molecular weight excluding hydrogens is 409 g/mol. The van der Waals surface area contributed by atoms with Crippen LogP contribution in [-0.4, -0.2) is 19.2 Å². The maximum absolute atomic E-state index is 14.4. The summed E-state index contributed by atoms with van der Waals surface area (Å²) < 4.78 is 27.0. The van der Waals surface area contributed by atoms with Crippen LogP contribution in [0.25, 0.3) is 0 Å². The molecular formula is C18H17ClFN3O2S2. The zero-order valence-corrected chi connectivity index (χ0v) is 17.0. The van der Waals surface area contributed by atoms with E-state index in [1.165, 1.54) is 35.4 Å². The van der Waals surface area contributed by atoms with Gasteiger partial charge in [-0.3, -0.25) is 4.31 Å². The number of anilines is 2. The fourth-order valence-corrected chi connectivity index (χ4v) is 4.25. The molecule has 1 heterocycles. The normalized spacial score (nSPS) is 10.7. The van der Waals surface area contributed by atoms with Gasteiger partial charge in [0.1, 0.15) is 17.3 Å². The van der Waals surface area contributed by atoms with Crippen molar-refractivity contribution in [1.82, 2.24) is 4.98 Å². The lowest BCUT2D eigenvalue weighted by Gasteiger charge is -2.22. The third-order valence-electron chi connectivity index (χ3n) is 3.70. The minimum Gasteiger partial charge on any atom is -0.497 e. The number of nitrogen functional groups attached to an aromatic ring is 1. The number of halogens is 2. The summed E-state index contributed by atoms with van der Waals surface area (Å²) in [5.74, 6) is 0.929. The van der Waals surface area contributed by atoms with E-state index in [1.54, 1.807) is 26.5 Å². The highest BCUT2D eigenvalue weighted by atomic mass is 35.5. The van der Waals surface area contributed by atoms with Crippen molar-refractivity contribution >= 4 is 45.7 Å². The molecule has 0 atom stereocenters. The second-order valence-corrected chi connectivity index (χ2v) is 7.77. The van der Waals surface area contributed by atoms with Gasteiger partial charge in [-0.25, -0.2) is 9.37 Å². The number of hydrogen-bond acceptors (Lipinski definition) is 7. The number of methoxy groups -OCH3 is 2. The average molecular weight is 426 g/mol. The first kappa shape index (κ1) is 19.6. The first-order valence-corrected chi connectivity index (χ1v) is 9.85. The molecule has 9 heteroatoms. The topological polar surface area (TPSA) is 60.6 Å². The zero-order valence-electron chi connectivity index (χ0n) is 14.6. The van der Waals surface area contributed by atoms with E-state index >= 15 is 0 Å². The first-order chi connectivity index (χ1) is 13.0. The van der Waals surface area contributed by atoms with E-state index in [2.05, 4.69) is 4.98 Å². The molecule has 0 fully saturated rings. The Hall–Kier alpha value is -2.16. The summed E-state index contributed by atoms with van der Waals surface area (Å²) in [6.07, 6.45) is 1.70. The molecule has 0 aliphatic carbocycles. The van der Waals surface area contributed by atoms with Crippen LogP contribution in [0.15, 0.2) is 46.8 Å². The molecule has 0 spiro atoms. The Labute approximate surface area is 170 Å². The monoisotopic (exact) mass is 425 g/mol. The summed E-state index contributed by atoms with van der Waals surface area (Å²) in [5, 5.41) is 2.89. The third kappa shape index (κ3) is 4.58. The zero-order chi connectivity index (χ0) is 19.4. The Kier molecular flexibility index (Phi) is 6.30. The van der Waals surface area contributed by atoms with Gasteiger partial charge in [0.15, 0.2) is 5.13 Å². The van der Waals surface area contributed by atoms with E-state index in [1.807, 2.05) is 21.8 Å². The van der Waals surface area contributed by atoms with E-state index in [4.69, 9.17) is 26.8 Å². The van der Waals surface area contributed by atoms with Crippen molar-refractivity contribution in [2.24, 2.45) is 0 Å². The van der Waals surface area contributed by atoms with Crippen LogP contribution in [0.3, 0.4) is 0 Å². The highest BCUT2D eigenvalue weighted by Crippen LogP contribution is 2.37.